The molecule has 1 fully saturated rings. The van der Waals surface area contributed by atoms with Gasteiger partial charge in [0.2, 0.25) is 0 Å². The smallest absolute Gasteiger partial charge is 0.339 e. The van der Waals surface area contributed by atoms with Crippen molar-refractivity contribution in [3.63, 3.8) is 0 Å². The van der Waals surface area contributed by atoms with Crippen LogP contribution >= 0.6 is 0 Å². The molecule has 0 bridgehead atoms. The van der Waals surface area contributed by atoms with Crippen molar-refractivity contribution in [1.29, 1.82) is 0 Å². The number of benzene rings is 2. The third-order valence-corrected chi connectivity index (χ3v) is 3.84. The Morgan fingerprint density at radius 1 is 1.14 bits per heavy atom. The lowest BCUT2D eigenvalue weighted by molar-refractivity contribution is 0.0694. The molecular formula is C17H18N2O3. The Kier molecular flexibility index (Phi) is 4.09. The molecule has 0 aromatic heterocycles. The molecule has 2 aromatic carbocycles. The summed E-state index contributed by atoms with van der Waals surface area (Å²) in [6, 6.07) is 12.9. The van der Waals surface area contributed by atoms with Crippen molar-refractivity contribution in [2.75, 3.05) is 13.1 Å². The largest absolute Gasteiger partial charge is 0.478 e. The molecule has 2 aromatic rings. The van der Waals surface area contributed by atoms with E-state index in [1.54, 1.807) is 12.1 Å². The highest BCUT2D eigenvalue weighted by molar-refractivity contribution is 5.91. The van der Waals surface area contributed by atoms with E-state index in [2.05, 4.69) is 10.9 Å². The molecule has 5 nitrogen and oxygen atoms in total. The number of hydrogen-bond donors (Lipinski definition) is 3. The SMILES string of the molecule is Cc1ccccc1Oc1ccc(C2CNNC2)cc1C(=O)O. The van der Waals surface area contributed by atoms with Crippen LogP contribution < -0.4 is 15.6 Å². The van der Waals surface area contributed by atoms with E-state index in [0.29, 0.717) is 11.5 Å². The number of aromatic carboxylic acids is 1. The fraction of sp³-hybridized carbons (Fsp3) is 0.235. The Morgan fingerprint density at radius 2 is 1.86 bits per heavy atom. The average Bonchev–Trinajstić information content (AvgIpc) is 3.04. The second kappa shape index (κ2) is 6.17. The quantitative estimate of drug-likeness (QED) is 0.809. The van der Waals surface area contributed by atoms with Gasteiger partial charge in [0, 0.05) is 19.0 Å². The van der Waals surface area contributed by atoms with E-state index in [1.165, 1.54) is 0 Å². The summed E-state index contributed by atoms with van der Waals surface area (Å²) in [5.74, 6) is 0.321. The number of carbonyl (C=O) groups is 1. The number of carboxylic acid groups (broad SMARTS) is 1. The number of ether oxygens (including phenoxy) is 1. The van der Waals surface area contributed by atoms with Gasteiger partial charge >= 0.3 is 5.97 Å². The van der Waals surface area contributed by atoms with Crippen LogP contribution in [0.4, 0.5) is 0 Å². The Balaban J connectivity index is 1.93. The fourth-order valence-corrected chi connectivity index (χ4v) is 2.55. The summed E-state index contributed by atoms with van der Waals surface area (Å²) in [7, 11) is 0. The van der Waals surface area contributed by atoms with E-state index >= 15 is 0 Å². The summed E-state index contributed by atoms with van der Waals surface area (Å²) in [6.07, 6.45) is 0. The van der Waals surface area contributed by atoms with Crippen molar-refractivity contribution >= 4 is 5.97 Å². The van der Waals surface area contributed by atoms with Gasteiger partial charge in [0.1, 0.15) is 17.1 Å². The molecule has 0 atom stereocenters. The molecule has 0 unspecified atom stereocenters. The van der Waals surface area contributed by atoms with Crippen LogP contribution in [0.25, 0.3) is 0 Å². The van der Waals surface area contributed by atoms with Crippen LogP contribution in [0.15, 0.2) is 42.5 Å². The molecule has 1 saturated heterocycles. The van der Waals surface area contributed by atoms with Gasteiger partial charge in [-0.3, -0.25) is 10.9 Å². The zero-order valence-electron chi connectivity index (χ0n) is 12.3. The standard InChI is InChI=1S/C17H18N2O3/c1-11-4-2-3-5-15(11)22-16-7-6-12(8-14(16)17(20)21)13-9-18-19-10-13/h2-8,13,18-19H,9-10H2,1H3,(H,20,21). The van der Waals surface area contributed by atoms with Gasteiger partial charge in [0.25, 0.3) is 0 Å². The lowest BCUT2D eigenvalue weighted by Gasteiger charge is -2.14. The van der Waals surface area contributed by atoms with E-state index < -0.39 is 5.97 Å². The molecule has 22 heavy (non-hydrogen) atoms. The Labute approximate surface area is 128 Å². The number of rotatable bonds is 4. The van der Waals surface area contributed by atoms with Crippen LogP contribution in [-0.4, -0.2) is 24.2 Å². The molecule has 114 valence electrons. The van der Waals surface area contributed by atoms with Crippen molar-refractivity contribution < 1.29 is 14.6 Å². The number of hydrogen-bond acceptors (Lipinski definition) is 4. The first-order valence-corrected chi connectivity index (χ1v) is 7.21. The number of nitrogens with one attached hydrogen (secondary N) is 2. The van der Waals surface area contributed by atoms with Crippen LogP contribution in [-0.2, 0) is 0 Å². The maximum atomic E-state index is 11.6. The maximum absolute atomic E-state index is 11.6. The zero-order chi connectivity index (χ0) is 15.5. The van der Waals surface area contributed by atoms with Crippen LogP contribution in [0.1, 0.15) is 27.4 Å². The molecule has 1 aliphatic rings. The molecule has 0 amide bonds. The van der Waals surface area contributed by atoms with Crippen molar-refractivity contribution in [1.82, 2.24) is 10.9 Å². The van der Waals surface area contributed by atoms with E-state index in [9.17, 15) is 9.90 Å². The Hall–Kier alpha value is -2.37. The lowest BCUT2D eigenvalue weighted by Crippen LogP contribution is -2.21. The highest BCUT2D eigenvalue weighted by Crippen LogP contribution is 2.30. The predicted molar refractivity (Wildman–Crippen MR) is 83.4 cm³/mol. The highest BCUT2D eigenvalue weighted by atomic mass is 16.5. The molecule has 3 N–H and O–H groups in total. The van der Waals surface area contributed by atoms with Crippen LogP contribution in [0.3, 0.4) is 0 Å². The van der Waals surface area contributed by atoms with Gasteiger partial charge < -0.3 is 9.84 Å². The van der Waals surface area contributed by atoms with Crippen LogP contribution in [0.5, 0.6) is 11.5 Å². The maximum Gasteiger partial charge on any atom is 0.339 e. The summed E-state index contributed by atoms with van der Waals surface area (Å²) in [4.78, 5) is 11.6. The summed E-state index contributed by atoms with van der Waals surface area (Å²) in [5, 5.41) is 9.47. The van der Waals surface area contributed by atoms with Gasteiger partial charge in [-0.05, 0) is 36.2 Å². The van der Waals surface area contributed by atoms with E-state index in [4.69, 9.17) is 4.74 Å². The second-order valence-corrected chi connectivity index (χ2v) is 5.39. The van der Waals surface area contributed by atoms with Gasteiger partial charge in [-0.1, -0.05) is 24.3 Å². The molecule has 5 heteroatoms. The Morgan fingerprint density at radius 3 is 2.55 bits per heavy atom. The molecule has 0 saturated carbocycles. The van der Waals surface area contributed by atoms with Gasteiger partial charge in [-0.25, -0.2) is 4.79 Å². The van der Waals surface area contributed by atoms with Crippen molar-refractivity contribution in [2.24, 2.45) is 0 Å². The summed E-state index contributed by atoms with van der Waals surface area (Å²) < 4.78 is 5.81. The summed E-state index contributed by atoms with van der Waals surface area (Å²) in [5.41, 5.74) is 8.25. The first kappa shape index (κ1) is 14.6. The molecule has 0 spiro atoms. The normalized spacial score (nSPS) is 15.0. The first-order valence-electron chi connectivity index (χ1n) is 7.21. The topological polar surface area (TPSA) is 70.6 Å². The molecule has 0 radical (unpaired) electrons. The van der Waals surface area contributed by atoms with Crippen molar-refractivity contribution in [2.45, 2.75) is 12.8 Å². The third-order valence-electron chi connectivity index (χ3n) is 3.84. The predicted octanol–water partition coefficient (Wildman–Crippen LogP) is 2.68. The lowest BCUT2D eigenvalue weighted by atomic mass is 9.98. The highest BCUT2D eigenvalue weighted by Gasteiger charge is 2.20. The zero-order valence-corrected chi connectivity index (χ0v) is 12.3. The fourth-order valence-electron chi connectivity index (χ4n) is 2.55. The van der Waals surface area contributed by atoms with Gasteiger partial charge in [0.15, 0.2) is 0 Å². The van der Waals surface area contributed by atoms with E-state index in [1.807, 2.05) is 37.3 Å². The first-order chi connectivity index (χ1) is 10.6. The van der Waals surface area contributed by atoms with Crippen LogP contribution in [0, 0.1) is 6.92 Å². The number of aryl methyl sites for hydroxylation is 1. The van der Waals surface area contributed by atoms with Gasteiger partial charge in [-0.15, -0.1) is 0 Å². The number of carboxylic acids is 1. The molecule has 1 aliphatic heterocycles. The molecule has 3 rings (SSSR count). The minimum absolute atomic E-state index is 0.188. The van der Waals surface area contributed by atoms with Crippen molar-refractivity contribution in [3.8, 4) is 11.5 Å². The minimum atomic E-state index is -0.982. The van der Waals surface area contributed by atoms with Crippen LogP contribution in [0.2, 0.25) is 0 Å². The van der Waals surface area contributed by atoms with E-state index in [-0.39, 0.29) is 11.5 Å². The van der Waals surface area contributed by atoms with Gasteiger partial charge in [-0.2, -0.15) is 0 Å². The van der Waals surface area contributed by atoms with Crippen molar-refractivity contribution in [3.05, 3.63) is 59.2 Å². The number of para-hydroxylation sites is 1. The Bertz CT molecular complexity index is 694. The number of hydrazine groups is 1. The van der Waals surface area contributed by atoms with Gasteiger partial charge in [0.05, 0.1) is 0 Å². The minimum Gasteiger partial charge on any atom is -0.478 e. The summed E-state index contributed by atoms with van der Waals surface area (Å²) >= 11 is 0. The molecule has 0 aliphatic carbocycles. The second-order valence-electron chi connectivity index (χ2n) is 5.39. The molecular weight excluding hydrogens is 280 g/mol. The average molecular weight is 298 g/mol. The molecule has 1 heterocycles. The van der Waals surface area contributed by atoms with E-state index in [0.717, 1.165) is 24.2 Å². The monoisotopic (exact) mass is 298 g/mol. The summed E-state index contributed by atoms with van der Waals surface area (Å²) in [6.45, 7) is 3.51. The third kappa shape index (κ3) is 2.95.